The highest BCUT2D eigenvalue weighted by atomic mass is 16.1. The summed E-state index contributed by atoms with van der Waals surface area (Å²) in [6.45, 7) is 0.661. The number of hydrogen-bond donors (Lipinski definition) is 2. The molecule has 2 rings (SSSR count). The zero-order valence-electron chi connectivity index (χ0n) is 11.7. The van der Waals surface area contributed by atoms with Gasteiger partial charge in [-0.15, -0.1) is 10.2 Å². The number of anilines is 1. The van der Waals surface area contributed by atoms with Crippen molar-refractivity contribution < 1.29 is 4.79 Å². The van der Waals surface area contributed by atoms with Gasteiger partial charge in [0.2, 0.25) is 0 Å². The van der Waals surface area contributed by atoms with Gasteiger partial charge in [-0.3, -0.25) is 4.79 Å². The first-order valence-electron chi connectivity index (χ1n) is 6.54. The van der Waals surface area contributed by atoms with Crippen LogP contribution in [0.2, 0.25) is 0 Å². The molecule has 1 saturated carbocycles. The molecule has 0 spiro atoms. The van der Waals surface area contributed by atoms with Crippen LogP contribution in [0.3, 0.4) is 0 Å². The molecule has 104 valence electrons. The minimum Gasteiger partial charge on any atom is -0.372 e. The predicted octanol–water partition coefficient (Wildman–Crippen LogP) is 0.732. The minimum atomic E-state index is -0.164. The Balaban J connectivity index is 1.93. The van der Waals surface area contributed by atoms with Crippen molar-refractivity contribution in [3.63, 3.8) is 0 Å². The Hall–Kier alpha value is -1.69. The van der Waals surface area contributed by atoms with Gasteiger partial charge in [0.1, 0.15) is 5.82 Å². The van der Waals surface area contributed by atoms with E-state index in [4.69, 9.17) is 0 Å². The first-order chi connectivity index (χ1) is 9.07. The summed E-state index contributed by atoms with van der Waals surface area (Å²) in [5, 5.41) is 13.6. The summed E-state index contributed by atoms with van der Waals surface area (Å²) < 4.78 is 0. The van der Waals surface area contributed by atoms with Gasteiger partial charge >= 0.3 is 0 Å². The molecule has 6 heteroatoms. The Kier molecular flexibility index (Phi) is 3.99. The van der Waals surface area contributed by atoms with Crippen molar-refractivity contribution in [3.8, 4) is 0 Å². The second kappa shape index (κ2) is 5.52. The number of nitrogens with zero attached hydrogens (tertiary/aromatic N) is 3. The van der Waals surface area contributed by atoms with Crippen molar-refractivity contribution in [2.24, 2.45) is 0 Å². The molecular formula is C13H21N5O. The first kappa shape index (κ1) is 13.7. The van der Waals surface area contributed by atoms with Crippen molar-refractivity contribution in [1.82, 2.24) is 20.4 Å². The highest BCUT2D eigenvalue weighted by molar-refractivity contribution is 5.92. The number of amides is 1. The molecule has 0 aliphatic heterocycles. The number of rotatable bonds is 5. The predicted molar refractivity (Wildman–Crippen MR) is 74.2 cm³/mol. The molecule has 6 nitrogen and oxygen atoms in total. The Labute approximate surface area is 113 Å². The van der Waals surface area contributed by atoms with E-state index >= 15 is 0 Å². The van der Waals surface area contributed by atoms with Gasteiger partial charge in [0.25, 0.3) is 5.91 Å². The summed E-state index contributed by atoms with van der Waals surface area (Å²) >= 11 is 0. The molecule has 1 aromatic rings. The molecule has 2 N–H and O–H groups in total. The number of carbonyl (C=O) groups excluding carboxylic acids is 1. The lowest BCUT2D eigenvalue weighted by Gasteiger charge is -2.47. The van der Waals surface area contributed by atoms with Crippen molar-refractivity contribution >= 4 is 11.7 Å². The van der Waals surface area contributed by atoms with Crippen LogP contribution in [0, 0.1) is 0 Å². The fraction of sp³-hybridized carbons (Fsp3) is 0.615. The summed E-state index contributed by atoms with van der Waals surface area (Å²) in [6.07, 6.45) is 3.49. The van der Waals surface area contributed by atoms with E-state index in [0.717, 1.165) is 12.8 Å². The van der Waals surface area contributed by atoms with Gasteiger partial charge in [0.05, 0.1) is 0 Å². The van der Waals surface area contributed by atoms with Gasteiger partial charge in [-0.05, 0) is 45.5 Å². The maximum atomic E-state index is 12.0. The maximum Gasteiger partial charge on any atom is 0.271 e. The van der Waals surface area contributed by atoms with Gasteiger partial charge in [-0.25, -0.2) is 0 Å². The zero-order chi connectivity index (χ0) is 13.9. The second-order valence-electron chi connectivity index (χ2n) is 5.21. The molecule has 1 fully saturated rings. The standard InChI is InChI=1S/C13H21N5O/c1-14-11-6-5-10(16-17-11)12(19)15-9-13(18(2)3)7-4-8-13/h5-6H,4,7-9H2,1-3H3,(H,14,17)(H,15,19). The summed E-state index contributed by atoms with van der Waals surface area (Å²) in [7, 11) is 5.89. The van der Waals surface area contributed by atoms with Gasteiger partial charge in [-0.1, -0.05) is 0 Å². The lowest BCUT2D eigenvalue weighted by Crippen LogP contribution is -2.57. The van der Waals surface area contributed by atoms with Gasteiger partial charge in [0.15, 0.2) is 5.69 Å². The zero-order valence-corrected chi connectivity index (χ0v) is 11.7. The summed E-state index contributed by atoms with van der Waals surface area (Å²) in [4.78, 5) is 14.2. The summed E-state index contributed by atoms with van der Waals surface area (Å²) in [6, 6.07) is 3.42. The summed E-state index contributed by atoms with van der Waals surface area (Å²) in [5.41, 5.74) is 0.473. The topological polar surface area (TPSA) is 70.2 Å². The van der Waals surface area contributed by atoms with E-state index in [2.05, 4.69) is 39.8 Å². The van der Waals surface area contributed by atoms with E-state index in [1.165, 1.54) is 6.42 Å². The van der Waals surface area contributed by atoms with Crippen LogP contribution in [0.25, 0.3) is 0 Å². The van der Waals surface area contributed by atoms with Crippen LogP contribution in [0.5, 0.6) is 0 Å². The van der Waals surface area contributed by atoms with Gasteiger partial charge < -0.3 is 15.5 Å². The molecule has 1 amide bonds. The molecule has 0 aromatic carbocycles. The largest absolute Gasteiger partial charge is 0.372 e. The highest BCUT2D eigenvalue weighted by Crippen LogP contribution is 2.35. The van der Waals surface area contributed by atoms with E-state index in [1.807, 2.05) is 0 Å². The number of hydrogen-bond acceptors (Lipinski definition) is 5. The molecule has 1 aromatic heterocycles. The monoisotopic (exact) mass is 263 g/mol. The molecule has 0 unspecified atom stereocenters. The van der Waals surface area contributed by atoms with Crippen LogP contribution in [-0.2, 0) is 0 Å². The number of carbonyl (C=O) groups is 1. The third-order valence-corrected chi connectivity index (χ3v) is 3.96. The first-order valence-corrected chi connectivity index (χ1v) is 6.54. The third kappa shape index (κ3) is 2.84. The molecular weight excluding hydrogens is 242 g/mol. The van der Waals surface area contributed by atoms with Crippen LogP contribution >= 0.6 is 0 Å². The molecule has 0 radical (unpaired) electrons. The SMILES string of the molecule is CNc1ccc(C(=O)NCC2(N(C)C)CCC2)nn1. The molecule has 19 heavy (non-hydrogen) atoms. The normalized spacial score (nSPS) is 16.8. The van der Waals surface area contributed by atoms with Crippen molar-refractivity contribution in [3.05, 3.63) is 17.8 Å². The van der Waals surface area contributed by atoms with Gasteiger partial charge in [-0.2, -0.15) is 0 Å². The van der Waals surface area contributed by atoms with Crippen molar-refractivity contribution in [1.29, 1.82) is 0 Å². The fourth-order valence-corrected chi connectivity index (χ4v) is 2.29. The van der Waals surface area contributed by atoms with Crippen LogP contribution in [0.1, 0.15) is 29.8 Å². The summed E-state index contributed by atoms with van der Waals surface area (Å²) in [5.74, 6) is 0.489. The fourth-order valence-electron chi connectivity index (χ4n) is 2.29. The lowest BCUT2D eigenvalue weighted by molar-refractivity contribution is 0.0556. The molecule has 0 saturated heterocycles. The van der Waals surface area contributed by atoms with E-state index in [0.29, 0.717) is 18.1 Å². The lowest BCUT2D eigenvalue weighted by atomic mass is 9.75. The van der Waals surface area contributed by atoms with E-state index in [1.54, 1.807) is 19.2 Å². The quantitative estimate of drug-likeness (QED) is 0.819. The Morgan fingerprint density at radius 1 is 1.37 bits per heavy atom. The second-order valence-corrected chi connectivity index (χ2v) is 5.21. The van der Waals surface area contributed by atoms with Crippen molar-refractivity contribution in [2.75, 3.05) is 33.0 Å². The van der Waals surface area contributed by atoms with Crippen LogP contribution in [0.15, 0.2) is 12.1 Å². The van der Waals surface area contributed by atoms with E-state index in [-0.39, 0.29) is 11.4 Å². The van der Waals surface area contributed by atoms with Crippen LogP contribution in [0.4, 0.5) is 5.82 Å². The molecule has 1 heterocycles. The highest BCUT2D eigenvalue weighted by Gasteiger charge is 2.39. The van der Waals surface area contributed by atoms with Gasteiger partial charge in [0, 0.05) is 19.1 Å². The van der Waals surface area contributed by atoms with E-state index < -0.39 is 0 Å². The third-order valence-electron chi connectivity index (χ3n) is 3.96. The van der Waals surface area contributed by atoms with E-state index in [9.17, 15) is 4.79 Å². The van der Waals surface area contributed by atoms with Crippen LogP contribution in [-0.4, -0.2) is 54.2 Å². The number of aromatic nitrogens is 2. The Morgan fingerprint density at radius 2 is 2.11 bits per heavy atom. The van der Waals surface area contributed by atoms with Crippen molar-refractivity contribution in [2.45, 2.75) is 24.8 Å². The molecule has 1 aliphatic carbocycles. The van der Waals surface area contributed by atoms with Crippen LogP contribution < -0.4 is 10.6 Å². The average Bonchev–Trinajstić information content (AvgIpc) is 2.37. The number of nitrogens with one attached hydrogen (secondary N) is 2. The molecule has 1 aliphatic rings. The minimum absolute atomic E-state index is 0.119. The molecule has 0 atom stereocenters. The smallest absolute Gasteiger partial charge is 0.271 e. The number of likely N-dealkylation sites (N-methyl/N-ethyl adjacent to an activating group) is 1. The Morgan fingerprint density at radius 3 is 2.53 bits per heavy atom. The average molecular weight is 263 g/mol. The molecule has 0 bridgehead atoms. The maximum absolute atomic E-state index is 12.0. The Bertz CT molecular complexity index is 439.